The van der Waals surface area contributed by atoms with Gasteiger partial charge in [-0.15, -0.1) is 24.0 Å². The van der Waals surface area contributed by atoms with Crippen LogP contribution in [-0.4, -0.2) is 72.6 Å². The van der Waals surface area contributed by atoms with Gasteiger partial charge in [0.25, 0.3) is 0 Å². The highest BCUT2D eigenvalue weighted by Crippen LogP contribution is 2.28. The SMILES string of the molecule is CN=C(NCCN(C(=O)OC(C)(C)C)C1CC1)N1CCCC(CC(N)=O)C1.I. The summed E-state index contributed by atoms with van der Waals surface area (Å²) in [6.45, 7) is 8.53. The summed E-state index contributed by atoms with van der Waals surface area (Å²) in [5.41, 5.74) is 4.86. The first kappa shape index (κ1) is 24.8. The van der Waals surface area contributed by atoms with Gasteiger partial charge in [0.15, 0.2) is 5.96 Å². The highest BCUT2D eigenvalue weighted by atomic mass is 127. The highest BCUT2D eigenvalue weighted by molar-refractivity contribution is 14.0. The fraction of sp³-hybridized carbons (Fsp3) is 0.842. The molecule has 0 radical (unpaired) electrons. The van der Waals surface area contributed by atoms with E-state index in [1.165, 1.54) is 0 Å². The molecule has 9 heteroatoms. The molecule has 0 aromatic rings. The largest absolute Gasteiger partial charge is 0.444 e. The van der Waals surface area contributed by atoms with Crippen molar-refractivity contribution in [3.63, 3.8) is 0 Å². The van der Waals surface area contributed by atoms with Crippen LogP contribution in [0.25, 0.3) is 0 Å². The number of guanidine groups is 1. The Morgan fingerprint density at radius 2 is 1.96 bits per heavy atom. The lowest BCUT2D eigenvalue weighted by atomic mass is 9.95. The Labute approximate surface area is 185 Å². The van der Waals surface area contributed by atoms with Crippen molar-refractivity contribution in [2.45, 2.75) is 64.5 Å². The fourth-order valence-electron chi connectivity index (χ4n) is 3.46. The van der Waals surface area contributed by atoms with Crippen molar-refractivity contribution in [1.82, 2.24) is 15.1 Å². The molecule has 162 valence electrons. The molecule has 2 fully saturated rings. The number of primary amides is 1. The van der Waals surface area contributed by atoms with Crippen molar-refractivity contribution in [3.8, 4) is 0 Å². The van der Waals surface area contributed by atoms with E-state index >= 15 is 0 Å². The molecule has 0 spiro atoms. The van der Waals surface area contributed by atoms with Gasteiger partial charge in [-0.2, -0.15) is 0 Å². The number of ether oxygens (including phenoxy) is 1. The van der Waals surface area contributed by atoms with E-state index < -0.39 is 5.60 Å². The van der Waals surface area contributed by atoms with Crippen LogP contribution in [0.2, 0.25) is 0 Å². The number of nitrogens with zero attached hydrogens (tertiary/aromatic N) is 3. The minimum absolute atomic E-state index is 0. The van der Waals surface area contributed by atoms with Crippen molar-refractivity contribution in [2.75, 3.05) is 33.2 Å². The lowest BCUT2D eigenvalue weighted by molar-refractivity contribution is -0.119. The van der Waals surface area contributed by atoms with Gasteiger partial charge in [0.2, 0.25) is 5.91 Å². The third-order valence-electron chi connectivity index (χ3n) is 4.77. The second-order valence-electron chi connectivity index (χ2n) is 8.50. The van der Waals surface area contributed by atoms with Gasteiger partial charge in [-0.3, -0.25) is 9.79 Å². The van der Waals surface area contributed by atoms with E-state index in [1.807, 2.05) is 25.7 Å². The lowest BCUT2D eigenvalue weighted by Crippen LogP contribution is -2.49. The second kappa shape index (κ2) is 11.1. The predicted molar refractivity (Wildman–Crippen MR) is 121 cm³/mol. The van der Waals surface area contributed by atoms with E-state index in [2.05, 4.69) is 15.2 Å². The van der Waals surface area contributed by atoms with Gasteiger partial charge in [0.1, 0.15) is 5.60 Å². The number of rotatable bonds is 6. The van der Waals surface area contributed by atoms with Crippen molar-refractivity contribution in [1.29, 1.82) is 0 Å². The predicted octanol–water partition coefficient (Wildman–Crippen LogP) is 2.17. The van der Waals surface area contributed by atoms with Crippen LogP contribution in [0.3, 0.4) is 0 Å². The Hall–Kier alpha value is -1.26. The third-order valence-corrected chi connectivity index (χ3v) is 4.77. The van der Waals surface area contributed by atoms with Crippen LogP contribution >= 0.6 is 24.0 Å². The molecule has 8 nitrogen and oxygen atoms in total. The molecule has 0 aromatic heterocycles. The fourth-order valence-corrected chi connectivity index (χ4v) is 3.46. The molecular formula is C19H36IN5O3. The summed E-state index contributed by atoms with van der Waals surface area (Å²) in [6.07, 6.45) is 4.28. The maximum atomic E-state index is 12.4. The number of hydrogen-bond donors (Lipinski definition) is 2. The van der Waals surface area contributed by atoms with Crippen LogP contribution in [0.1, 0.15) is 52.9 Å². The monoisotopic (exact) mass is 509 g/mol. The Morgan fingerprint density at radius 1 is 1.29 bits per heavy atom. The number of nitrogens with two attached hydrogens (primary N) is 1. The van der Waals surface area contributed by atoms with Crippen LogP contribution in [0.15, 0.2) is 4.99 Å². The van der Waals surface area contributed by atoms with Gasteiger partial charge in [-0.1, -0.05) is 0 Å². The van der Waals surface area contributed by atoms with Crippen LogP contribution in [0.5, 0.6) is 0 Å². The highest BCUT2D eigenvalue weighted by Gasteiger charge is 2.35. The van der Waals surface area contributed by atoms with Gasteiger partial charge in [-0.25, -0.2) is 4.79 Å². The molecule has 3 N–H and O–H groups in total. The normalized spacial score (nSPS) is 20.2. The number of halogens is 1. The van der Waals surface area contributed by atoms with Gasteiger partial charge < -0.3 is 25.6 Å². The van der Waals surface area contributed by atoms with Crippen molar-refractivity contribution < 1.29 is 14.3 Å². The van der Waals surface area contributed by atoms with Crippen LogP contribution in [0, 0.1) is 5.92 Å². The Balaban J connectivity index is 0.00000392. The summed E-state index contributed by atoms with van der Waals surface area (Å²) in [5.74, 6) is 0.839. The summed E-state index contributed by atoms with van der Waals surface area (Å²) in [5, 5.41) is 3.35. The lowest BCUT2D eigenvalue weighted by Gasteiger charge is -2.35. The number of likely N-dealkylation sites (tertiary alicyclic amines) is 1. The van der Waals surface area contributed by atoms with Crippen LogP contribution in [-0.2, 0) is 9.53 Å². The van der Waals surface area contributed by atoms with Gasteiger partial charge in [0.05, 0.1) is 0 Å². The number of nitrogens with one attached hydrogen (secondary N) is 1. The maximum Gasteiger partial charge on any atom is 0.410 e. The molecule has 1 saturated carbocycles. The molecule has 1 aliphatic heterocycles. The van der Waals surface area contributed by atoms with E-state index in [0.29, 0.717) is 25.6 Å². The average Bonchev–Trinajstić information content (AvgIpc) is 3.37. The number of carbonyl (C=O) groups is 2. The van der Waals surface area contributed by atoms with Gasteiger partial charge >= 0.3 is 6.09 Å². The zero-order valence-corrected chi connectivity index (χ0v) is 19.9. The zero-order valence-electron chi connectivity index (χ0n) is 17.6. The summed E-state index contributed by atoms with van der Waals surface area (Å²) in [6, 6.07) is 0.290. The molecule has 2 rings (SSSR count). The van der Waals surface area contributed by atoms with Gasteiger partial charge in [0, 0.05) is 45.7 Å². The number of aliphatic imine (C=N–C) groups is 1. The van der Waals surface area contributed by atoms with Crippen molar-refractivity contribution >= 4 is 41.9 Å². The first-order valence-corrected chi connectivity index (χ1v) is 9.93. The Morgan fingerprint density at radius 3 is 2.50 bits per heavy atom. The third kappa shape index (κ3) is 8.40. The zero-order chi connectivity index (χ0) is 20.0. The maximum absolute atomic E-state index is 12.4. The first-order chi connectivity index (χ1) is 12.7. The summed E-state index contributed by atoms with van der Waals surface area (Å²) >= 11 is 0. The summed E-state index contributed by atoms with van der Waals surface area (Å²) in [7, 11) is 1.76. The average molecular weight is 509 g/mol. The van der Waals surface area contributed by atoms with Crippen LogP contribution in [0.4, 0.5) is 4.79 Å². The van der Waals surface area contributed by atoms with E-state index in [1.54, 1.807) is 7.05 Å². The van der Waals surface area contributed by atoms with E-state index in [4.69, 9.17) is 10.5 Å². The molecule has 1 saturated heterocycles. The molecule has 1 heterocycles. The first-order valence-electron chi connectivity index (χ1n) is 9.93. The molecule has 1 aliphatic carbocycles. The van der Waals surface area contributed by atoms with Crippen LogP contribution < -0.4 is 11.1 Å². The summed E-state index contributed by atoms with van der Waals surface area (Å²) in [4.78, 5) is 32.0. The quantitative estimate of drug-likeness (QED) is 0.325. The summed E-state index contributed by atoms with van der Waals surface area (Å²) < 4.78 is 5.53. The molecular weight excluding hydrogens is 473 g/mol. The van der Waals surface area contributed by atoms with E-state index in [-0.39, 0.29) is 41.9 Å². The molecule has 2 amide bonds. The molecule has 2 aliphatic rings. The van der Waals surface area contributed by atoms with E-state index in [0.717, 1.165) is 44.7 Å². The minimum atomic E-state index is -0.489. The second-order valence-corrected chi connectivity index (χ2v) is 8.50. The number of amides is 2. The van der Waals surface area contributed by atoms with Gasteiger partial charge in [-0.05, 0) is 52.4 Å². The Kier molecular flexibility index (Phi) is 9.79. The molecule has 1 atom stereocenters. The van der Waals surface area contributed by atoms with Crippen molar-refractivity contribution in [3.05, 3.63) is 0 Å². The molecule has 0 aromatic carbocycles. The smallest absolute Gasteiger partial charge is 0.410 e. The molecule has 1 unspecified atom stereocenters. The minimum Gasteiger partial charge on any atom is -0.444 e. The topological polar surface area (TPSA) is 100 Å². The number of piperidine rings is 1. The molecule has 28 heavy (non-hydrogen) atoms. The number of hydrogen-bond acceptors (Lipinski definition) is 4. The molecule has 0 bridgehead atoms. The standard InChI is InChI=1S/C19H35N5O3.HI/c1-19(2,3)27-18(26)24(15-7-8-15)11-9-22-17(21-4)23-10-5-6-14(13-23)12-16(20)25;/h14-15H,5-13H2,1-4H3,(H2,20,25)(H,21,22);1H. The van der Waals surface area contributed by atoms with Crippen molar-refractivity contribution in [2.24, 2.45) is 16.6 Å². The van der Waals surface area contributed by atoms with E-state index in [9.17, 15) is 9.59 Å². The number of carbonyl (C=O) groups excluding carboxylic acids is 2. The Bertz CT molecular complexity index is 560.